The van der Waals surface area contributed by atoms with E-state index in [2.05, 4.69) is 10.5 Å². The number of benzene rings is 3. The van der Waals surface area contributed by atoms with Crippen molar-refractivity contribution in [2.45, 2.75) is 0 Å². The van der Waals surface area contributed by atoms with Crippen molar-refractivity contribution in [2.24, 2.45) is 5.10 Å². The molecular weight excluding hydrogens is 344 g/mol. The maximum absolute atomic E-state index is 12.5. The number of carbonyl (C=O) groups is 1. The monoisotopic (exact) mass is 362 g/mol. The molecule has 136 valence electrons. The lowest BCUT2D eigenvalue weighted by atomic mass is 10.0. The molecule has 0 aliphatic carbocycles. The smallest absolute Gasteiger partial charge is 0.271 e. The fourth-order valence-electron chi connectivity index (χ4n) is 2.55. The van der Waals surface area contributed by atoms with Gasteiger partial charge in [0.2, 0.25) is 0 Å². The van der Waals surface area contributed by atoms with Gasteiger partial charge in [0.05, 0.1) is 7.11 Å². The number of para-hydroxylation sites is 2. The van der Waals surface area contributed by atoms with E-state index in [0.717, 1.165) is 0 Å². The zero-order valence-electron chi connectivity index (χ0n) is 14.6. The highest BCUT2D eigenvalue weighted by molar-refractivity contribution is 6.16. The van der Waals surface area contributed by atoms with Crippen LogP contribution in [0.4, 0.5) is 0 Å². The first kappa shape index (κ1) is 18.0. The topological polar surface area (TPSA) is 91.2 Å². The van der Waals surface area contributed by atoms with Crippen molar-refractivity contribution in [1.29, 1.82) is 0 Å². The number of phenols is 2. The zero-order chi connectivity index (χ0) is 19.2. The summed E-state index contributed by atoms with van der Waals surface area (Å²) in [6, 6.07) is 19.8. The molecule has 0 unspecified atom stereocenters. The van der Waals surface area contributed by atoms with Gasteiger partial charge in [-0.05, 0) is 42.5 Å². The van der Waals surface area contributed by atoms with Crippen LogP contribution in [0.3, 0.4) is 0 Å². The van der Waals surface area contributed by atoms with Crippen LogP contribution in [0, 0.1) is 0 Å². The number of amides is 1. The second kappa shape index (κ2) is 8.05. The van der Waals surface area contributed by atoms with Crippen molar-refractivity contribution in [1.82, 2.24) is 5.43 Å². The number of methoxy groups -OCH3 is 1. The highest BCUT2D eigenvalue weighted by Gasteiger charge is 2.16. The minimum Gasteiger partial charge on any atom is -0.507 e. The van der Waals surface area contributed by atoms with Crippen LogP contribution in [0.2, 0.25) is 0 Å². The Labute approximate surface area is 156 Å². The van der Waals surface area contributed by atoms with Crippen LogP contribution in [0.15, 0.2) is 77.9 Å². The number of hydrogen-bond acceptors (Lipinski definition) is 5. The Morgan fingerprint density at radius 3 is 2.04 bits per heavy atom. The highest BCUT2D eigenvalue weighted by atomic mass is 16.5. The van der Waals surface area contributed by atoms with Gasteiger partial charge in [0.25, 0.3) is 5.91 Å². The molecular formula is C21H18N2O4. The van der Waals surface area contributed by atoms with E-state index in [1.165, 1.54) is 19.2 Å². The van der Waals surface area contributed by atoms with E-state index < -0.39 is 5.91 Å². The Morgan fingerprint density at radius 2 is 1.48 bits per heavy atom. The number of hydrazone groups is 1. The summed E-state index contributed by atoms with van der Waals surface area (Å²) in [5, 5.41) is 24.6. The molecule has 0 aromatic heterocycles. The van der Waals surface area contributed by atoms with Gasteiger partial charge in [-0.3, -0.25) is 4.79 Å². The lowest BCUT2D eigenvalue weighted by Gasteiger charge is -2.11. The molecule has 0 saturated carbocycles. The van der Waals surface area contributed by atoms with Crippen molar-refractivity contribution in [2.75, 3.05) is 7.11 Å². The Hall–Kier alpha value is -3.80. The second-order valence-corrected chi connectivity index (χ2v) is 5.67. The number of rotatable bonds is 5. The van der Waals surface area contributed by atoms with Crippen molar-refractivity contribution in [3.63, 3.8) is 0 Å². The van der Waals surface area contributed by atoms with Gasteiger partial charge in [-0.15, -0.1) is 0 Å². The van der Waals surface area contributed by atoms with Gasteiger partial charge in [-0.25, -0.2) is 5.43 Å². The number of hydrogen-bond donors (Lipinski definition) is 3. The van der Waals surface area contributed by atoms with Gasteiger partial charge in [0.15, 0.2) is 0 Å². The molecule has 0 aliphatic heterocycles. The largest absolute Gasteiger partial charge is 0.507 e. The highest BCUT2D eigenvalue weighted by Crippen LogP contribution is 2.25. The van der Waals surface area contributed by atoms with Crippen LogP contribution in [0.1, 0.15) is 21.5 Å². The van der Waals surface area contributed by atoms with Crippen LogP contribution < -0.4 is 10.2 Å². The molecule has 3 N–H and O–H groups in total. The molecule has 3 rings (SSSR count). The van der Waals surface area contributed by atoms with Crippen LogP contribution >= 0.6 is 0 Å². The van der Waals surface area contributed by atoms with Crippen LogP contribution in [-0.4, -0.2) is 28.9 Å². The van der Waals surface area contributed by atoms with Crippen molar-refractivity contribution in [3.8, 4) is 17.2 Å². The fraction of sp³-hybridized carbons (Fsp3) is 0.0476. The second-order valence-electron chi connectivity index (χ2n) is 5.67. The number of aromatic hydroxyl groups is 2. The summed E-state index contributed by atoms with van der Waals surface area (Å²) in [4.78, 5) is 12.5. The Kier molecular flexibility index (Phi) is 5.37. The van der Waals surface area contributed by atoms with Gasteiger partial charge >= 0.3 is 0 Å². The molecule has 0 saturated heterocycles. The minimum atomic E-state index is -0.447. The molecule has 0 radical (unpaired) electrons. The molecule has 0 aliphatic rings. The summed E-state index contributed by atoms with van der Waals surface area (Å²) in [7, 11) is 1.52. The summed E-state index contributed by atoms with van der Waals surface area (Å²) in [6.45, 7) is 0. The lowest BCUT2D eigenvalue weighted by molar-refractivity contribution is 0.0954. The van der Waals surface area contributed by atoms with Crippen LogP contribution in [0.25, 0.3) is 0 Å². The first-order chi connectivity index (χ1) is 13.1. The van der Waals surface area contributed by atoms with Crippen molar-refractivity contribution >= 4 is 11.6 Å². The van der Waals surface area contributed by atoms with Crippen LogP contribution in [0.5, 0.6) is 17.2 Å². The van der Waals surface area contributed by atoms with E-state index in [-0.39, 0.29) is 17.2 Å². The third-order valence-electron chi connectivity index (χ3n) is 3.92. The first-order valence-electron chi connectivity index (χ1n) is 8.19. The normalized spacial score (nSPS) is 10.1. The molecule has 6 nitrogen and oxygen atoms in total. The number of carbonyl (C=O) groups excluding carboxylic acids is 1. The van der Waals surface area contributed by atoms with Gasteiger partial charge in [-0.2, -0.15) is 5.10 Å². The first-order valence-corrected chi connectivity index (χ1v) is 8.19. The predicted molar refractivity (Wildman–Crippen MR) is 102 cm³/mol. The summed E-state index contributed by atoms with van der Waals surface area (Å²) in [6.07, 6.45) is 0. The zero-order valence-corrected chi connectivity index (χ0v) is 14.6. The Morgan fingerprint density at radius 1 is 0.889 bits per heavy atom. The van der Waals surface area contributed by atoms with E-state index in [9.17, 15) is 15.0 Å². The van der Waals surface area contributed by atoms with E-state index >= 15 is 0 Å². The maximum atomic E-state index is 12.5. The summed E-state index contributed by atoms with van der Waals surface area (Å²) < 4.78 is 5.12. The lowest BCUT2D eigenvalue weighted by Crippen LogP contribution is -2.20. The SMILES string of the molecule is COc1cccc(C(=O)NN=C(c2ccccc2O)c2ccccc2O)c1. The van der Waals surface area contributed by atoms with Crippen LogP contribution in [-0.2, 0) is 0 Å². The third-order valence-corrected chi connectivity index (χ3v) is 3.92. The van der Waals surface area contributed by atoms with Crippen molar-refractivity contribution < 1.29 is 19.7 Å². The maximum Gasteiger partial charge on any atom is 0.271 e. The molecule has 3 aromatic carbocycles. The molecule has 0 atom stereocenters. The number of phenolic OH excluding ortho intramolecular Hbond substituents is 2. The number of ether oxygens (including phenoxy) is 1. The summed E-state index contributed by atoms with van der Waals surface area (Å²) >= 11 is 0. The van der Waals surface area contributed by atoms with E-state index in [0.29, 0.717) is 22.4 Å². The van der Waals surface area contributed by atoms with E-state index in [1.807, 2.05) is 0 Å². The summed E-state index contributed by atoms with van der Waals surface area (Å²) in [5.74, 6) is 0.0655. The fourth-order valence-corrected chi connectivity index (χ4v) is 2.55. The van der Waals surface area contributed by atoms with E-state index in [4.69, 9.17) is 4.74 Å². The molecule has 1 amide bonds. The van der Waals surface area contributed by atoms with Crippen molar-refractivity contribution in [3.05, 3.63) is 89.5 Å². The summed E-state index contributed by atoms with van der Waals surface area (Å²) in [5.41, 5.74) is 3.84. The third kappa shape index (κ3) is 4.07. The Balaban J connectivity index is 1.99. The molecule has 0 fully saturated rings. The molecule has 0 spiro atoms. The molecule has 0 heterocycles. The van der Waals surface area contributed by atoms with Gasteiger partial charge in [0.1, 0.15) is 23.0 Å². The predicted octanol–water partition coefficient (Wildman–Crippen LogP) is 3.29. The van der Waals surface area contributed by atoms with Gasteiger partial charge < -0.3 is 14.9 Å². The quantitative estimate of drug-likeness (QED) is 0.480. The number of nitrogens with one attached hydrogen (secondary N) is 1. The van der Waals surface area contributed by atoms with E-state index in [1.54, 1.807) is 60.7 Å². The minimum absolute atomic E-state index is 0.0184. The standard InChI is InChI=1S/C21H18N2O4/c1-27-15-8-6-7-14(13-15)21(26)23-22-20(16-9-2-4-11-18(16)24)17-10-3-5-12-19(17)25/h2-13,24-25H,1H3,(H,23,26). The average molecular weight is 362 g/mol. The van der Waals surface area contributed by atoms with Gasteiger partial charge in [0, 0.05) is 16.7 Å². The molecule has 6 heteroatoms. The Bertz CT molecular complexity index is 951. The number of nitrogens with zero attached hydrogens (tertiary/aromatic N) is 1. The molecule has 27 heavy (non-hydrogen) atoms. The molecule has 3 aromatic rings. The molecule has 0 bridgehead atoms. The average Bonchev–Trinajstić information content (AvgIpc) is 2.70. The van der Waals surface area contributed by atoms with Gasteiger partial charge in [-0.1, -0.05) is 30.3 Å².